The van der Waals surface area contributed by atoms with E-state index in [1.807, 2.05) is 48.5 Å². The van der Waals surface area contributed by atoms with E-state index in [4.69, 9.17) is 18.9 Å². The van der Waals surface area contributed by atoms with E-state index in [9.17, 15) is 4.79 Å². The molecule has 1 fully saturated rings. The molecule has 3 rings (SSSR count). The molecule has 2 aromatic carbocycles. The van der Waals surface area contributed by atoms with Crippen molar-refractivity contribution in [3.05, 3.63) is 54.1 Å². The molecule has 0 unspecified atom stereocenters. The fraction of sp³-hybridized carbons (Fsp3) is 0.409. The number of carbonyl (C=O) groups is 1. The lowest BCUT2D eigenvalue weighted by Crippen LogP contribution is -2.48. The summed E-state index contributed by atoms with van der Waals surface area (Å²) >= 11 is 0. The minimum atomic E-state index is -0.588. The molecule has 0 spiro atoms. The van der Waals surface area contributed by atoms with E-state index in [1.54, 1.807) is 14.2 Å². The number of ether oxygens (including phenoxy) is 4. The van der Waals surface area contributed by atoms with Crippen molar-refractivity contribution in [2.75, 3.05) is 40.6 Å². The van der Waals surface area contributed by atoms with Gasteiger partial charge in [-0.3, -0.25) is 4.79 Å². The lowest BCUT2D eigenvalue weighted by atomic mass is 9.73. The number of carbonyl (C=O) groups excluding carboxylic acids is 1. The van der Waals surface area contributed by atoms with Crippen LogP contribution in [0.15, 0.2) is 48.5 Å². The Hall–Kier alpha value is -2.73. The lowest BCUT2D eigenvalue weighted by molar-refractivity contribution is -0.130. The van der Waals surface area contributed by atoms with Crippen LogP contribution in [0.5, 0.6) is 17.2 Å². The molecule has 1 aliphatic heterocycles. The van der Waals surface area contributed by atoms with E-state index in [-0.39, 0.29) is 5.91 Å². The van der Waals surface area contributed by atoms with Crippen LogP contribution in [0.1, 0.15) is 18.4 Å². The molecule has 150 valence electrons. The molecule has 0 bridgehead atoms. The van der Waals surface area contributed by atoms with Gasteiger partial charge in [0.2, 0.25) is 5.91 Å². The highest BCUT2D eigenvalue weighted by atomic mass is 16.5. The van der Waals surface area contributed by atoms with Gasteiger partial charge in [0, 0.05) is 13.2 Å². The molecule has 1 saturated heterocycles. The van der Waals surface area contributed by atoms with Crippen LogP contribution in [0.3, 0.4) is 0 Å². The minimum Gasteiger partial charge on any atom is -0.497 e. The second kappa shape index (κ2) is 9.46. The summed E-state index contributed by atoms with van der Waals surface area (Å²) in [6, 6.07) is 15.2. The third-order valence-corrected chi connectivity index (χ3v) is 5.14. The first-order chi connectivity index (χ1) is 13.7. The Morgan fingerprint density at radius 2 is 1.68 bits per heavy atom. The quantitative estimate of drug-likeness (QED) is 0.708. The minimum absolute atomic E-state index is 0.00425. The van der Waals surface area contributed by atoms with Crippen molar-refractivity contribution in [2.45, 2.75) is 18.3 Å². The largest absolute Gasteiger partial charge is 0.497 e. The first-order valence-corrected chi connectivity index (χ1v) is 9.46. The van der Waals surface area contributed by atoms with Gasteiger partial charge in [-0.25, -0.2) is 0 Å². The standard InChI is InChI=1S/C22H27NO5/c1-25-18-9-7-17(8-10-18)22(11-14-27-15-12-22)21(24)23-13-16-28-20-6-4-3-5-19(20)26-2/h3-10H,11-16H2,1-2H3,(H,23,24). The predicted octanol–water partition coefficient (Wildman–Crippen LogP) is 2.95. The number of para-hydroxylation sites is 2. The van der Waals surface area contributed by atoms with Gasteiger partial charge in [-0.1, -0.05) is 24.3 Å². The maximum Gasteiger partial charge on any atom is 0.230 e. The van der Waals surface area contributed by atoms with Crippen molar-refractivity contribution in [1.29, 1.82) is 0 Å². The molecule has 2 aromatic rings. The number of nitrogens with one attached hydrogen (secondary N) is 1. The first kappa shape index (κ1) is 20.0. The van der Waals surface area contributed by atoms with Crippen molar-refractivity contribution in [3.63, 3.8) is 0 Å². The molecule has 0 aromatic heterocycles. The summed E-state index contributed by atoms with van der Waals surface area (Å²) in [4.78, 5) is 13.1. The summed E-state index contributed by atoms with van der Waals surface area (Å²) in [5, 5.41) is 3.04. The molecule has 1 heterocycles. The summed E-state index contributed by atoms with van der Waals surface area (Å²) in [7, 11) is 3.24. The highest BCUT2D eigenvalue weighted by Gasteiger charge is 2.41. The van der Waals surface area contributed by atoms with Crippen LogP contribution < -0.4 is 19.5 Å². The highest BCUT2D eigenvalue weighted by Crippen LogP contribution is 2.36. The van der Waals surface area contributed by atoms with Crippen LogP contribution in [0.4, 0.5) is 0 Å². The third kappa shape index (κ3) is 4.39. The molecule has 0 saturated carbocycles. The van der Waals surface area contributed by atoms with E-state index >= 15 is 0 Å². The number of hydrogen-bond acceptors (Lipinski definition) is 5. The smallest absolute Gasteiger partial charge is 0.230 e. The Bertz CT molecular complexity index is 769. The Labute approximate surface area is 165 Å². The van der Waals surface area contributed by atoms with E-state index in [0.717, 1.165) is 11.3 Å². The number of amides is 1. The van der Waals surface area contributed by atoms with Crippen LogP contribution >= 0.6 is 0 Å². The van der Waals surface area contributed by atoms with E-state index in [2.05, 4.69) is 5.32 Å². The van der Waals surface area contributed by atoms with Crippen LogP contribution in [-0.2, 0) is 14.9 Å². The summed E-state index contributed by atoms with van der Waals surface area (Å²) in [5.74, 6) is 2.12. The van der Waals surface area contributed by atoms with Gasteiger partial charge in [-0.2, -0.15) is 0 Å². The van der Waals surface area contributed by atoms with E-state index in [1.165, 1.54) is 0 Å². The van der Waals surface area contributed by atoms with Crippen molar-refractivity contribution < 1.29 is 23.7 Å². The Morgan fingerprint density at radius 3 is 2.32 bits per heavy atom. The van der Waals surface area contributed by atoms with Gasteiger partial charge in [0.1, 0.15) is 12.4 Å². The summed E-state index contributed by atoms with van der Waals surface area (Å²) in [6.07, 6.45) is 1.30. The van der Waals surface area contributed by atoms with Crippen molar-refractivity contribution in [3.8, 4) is 17.2 Å². The lowest BCUT2D eigenvalue weighted by Gasteiger charge is -2.36. The zero-order valence-corrected chi connectivity index (χ0v) is 16.4. The highest BCUT2D eigenvalue weighted by molar-refractivity contribution is 5.88. The SMILES string of the molecule is COc1ccc(C2(C(=O)NCCOc3ccccc3OC)CCOCC2)cc1. The van der Waals surface area contributed by atoms with Gasteiger partial charge >= 0.3 is 0 Å². The van der Waals surface area contributed by atoms with Gasteiger partial charge in [-0.05, 0) is 42.7 Å². The molecule has 6 nitrogen and oxygen atoms in total. The Morgan fingerprint density at radius 1 is 1.00 bits per heavy atom. The van der Waals surface area contributed by atoms with Crippen LogP contribution in [0.2, 0.25) is 0 Å². The molecular weight excluding hydrogens is 358 g/mol. The van der Waals surface area contributed by atoms with Gasteiger partial charge < -0.3 is 24.3 Å². The number of rotatable bonds is 8. The van der Waals surface area contributed by atoms with E-state index in [0.29, 0.717) is 50.7 Å². The van der Waals surface area contributed by atoms with Gasteiger partial charge in [-0.15, -0.1) is 0 Å². The fourth-order valence-electron chi connectivity index (χ4n) is 3.51. The average molecular weight is 385 g/mol. The summed E-state index contributed by atoms with van der Waals surface area (Å²) in [6.45, 7) is 1.91. The molecule has 0 radical (unpaired) electrons. The van der Waals surface area contributed by atoms with Gasteiger partial charge in [0.05, 0.1) is 26.2 Å². The zero-order chi connectivity index (χ0) is 19.8. The maximum atomic E-state index is 13.1. The molecule has 28 heavy (non-hydrogen) atoms. The fourth-order valence-corrected chi connectivity index (χ4v) is 3.51. The second-order valence-electron chi connectivity index (χ2n) is 6.68. The molecule has 0 aliphatic carbocycles. The Balaban J connectivity index is 1.63. The van der Waals surface area contributed by atoms with Crippen molar-refractivity contribution in [2.24, 2.45) is 0 Å². The van der Waals surface area contributed by atoms with Crippen LogP contribution in [-0.4, -0.2) is 46.5 Å². The number of methoxy groups -OCH3 is 2. The van der Waals surface area contributed by atoms with Gasteiger partial charge in [0.25, 0.3) is 0 Å². The molecule has 1 amide bonds. The first-order valence-electron chi connectivity index (χ1n) is 9.46. The normalized spacial score (nSPS) is 15.5. The summed E-state index contributed by atoms with van der Waals surface area (Å²) in [5.41, 5.74) is 0.398. The zero-order valence-electron chi connectivity index (χ0n) is 16.4. The molecule has 1 aliphatic rings. The third-order valence-electron chi connectivity index (χ3n) is 5.14. The van der Waals surface area contributed by atoms with Crippen molar-refractivity contribution in [1.82, 2.24) is 5.32 Å². The topological polar surface area (TPSA) is 66.0 Å². The van der Waals surface area contributed by atoms with Crippen LogP contribution in [0.25, 0.3) is 0 Å². The predicted molar refractivity (Wildman–Crippen MR) is 106 cm³/mol. The Kier molecular flexibility index (Phi) is 6.76. The van der Waals surface area contributed by atoms with E-state index < -0.39 is 5.41 Å². The monoisotopic (exact) mass is 385 g/mol. The maximum absolute atomic E-state index is 13.1. The average Bonchev–Trinajstić information content (AvgIpc) is 2.77. The second-order valence-corrected chi connectivity index (χ2v) is 6.68. The molecule has 6 heteroatoms. The number of hydrogen-bond donors (Lipinski definition) is 1. The van der Waals surface area contributed by atoms with Gasteiger partial charge in [0.15, 0.2) is 11.5 Å². The van der Waals surface area contributed by atoms with Crippen molar-refractivity contribution >= 4 is 5.91 Å². The molecule has 1 N–H and O–H groups in total. The summed E-state index contributed by atoms with van der Waals surface area (Å²) < 4.78 is 21.8. The number of benzene rings is 2. The van der Waals surface area contributed by atoms with Crippen LogP contribution in [0, 0.1) is 0 Å². The molecule has 0 atom stereocenters. The molecular formula is C22H27NO5.